The lowest BCUT2D eigenvalue weighted by molar-refractivity contribution is -0.122. The highest BCUT2D eigenvalue weighted by Crippen LogP contribution is 2.38. The zero-order valence-corrected chi connectivity index (χ0v) is 10.4. The van der Waals surface area contributed by atoms with E-state index < -0.39 is 6.04 Å². The predicted octanol–water partition coefficient (Wildman–Crippen LogP) is -1.13. The summed E-state index contributed by atoms with van der Waals surface area (Å²) in [6.45, 7) is 1.03. The number of rotatable bonds is 1. The molecule has 6 nitrogen and oxygen atoms in total. The van der Waals surface area contributed by atoms with E-state index in [0.29, 0.717) is 18.2 Å². The molecule has 3 unspecified atom stereocenters. The average Bonchev–Trinajstić information content (AvgIpc) is 2.99. The van der Waals surface area contributed by atoms with Gasteiger partial charge in [0.05, 0.1) is 18.6 Å². The highest BCUT2D eigenvalue weighted by atomic mass is 32.1. The van der Waals surface area contributed by atoms with Crippen molar-refractivity contribution in [3.05, 3.63) is 0 Å². The van der Waals surface area contributed by atoms with E-state index in [4.69, 9.17) is 18.6 Å². The molecular weight excluding hydrogens is 252 g/mol. The van der Waals surface area contributed by atoms with E-state index in [1.807, 2.05) is 4.90 Å². The number of piperazine rings is 1. The van der Waals surface area contributed by atoms with Gasteiger partial charge in [0.1, 0.15) is 6.04 Å². The highest BCUT2D eigenvalue weighted by molar-refractivity contribution is 7.80. The number of imide groups is 1. The molecule has 3 aliphatic rings. The summed E-state index contributed by atoms with van der Waals surface area (Å²) in [5, 5.41) is 5.86. The Balaban J connectivity index is 1.77. The Morgan fingerprint density at radius 1 is 1.61 bits per heavy atom. The summed E-state index contributed by atoms with van der Waals surface area (Å²) in [6.07, 6.45) is 5.96. The fourth-order valence-corrected chi connectivity index (χ4v) is 3.34. The first-order chi connectivity index (χ1) is 8.63. The number of hydrogen-bond acceptors (Lipinski definition) is 3. The molecule has 18 heavy (non-hydrogen) atoms. The fraction of sp³-hybridized carbons (Fsp3) is 0.545. The number of nitrogens with one attached hydrogen (secondary N) is 2. The van der Waals surface area contributed by atoms with E-state index in [1.54, 1.807) is 4.90 Å². The summed E-state index contributed by atoms with van der Waals surface area (Å²) in [5.41, 5.74) is 0. The molecule has 3 atom stereocenters. The van der Waals surface area contributed by atoms with Crippen molar-refractivity contribution in [3.63, 3.8) is 0 Å². The van der Waals surface area contributed by atoms with Crippen molar-refractivity contribution >= 4 is 29.3 Å². The molecule has 0 aromatic carbocycles. The summed E-state index contributed by atoms with van der Waals surface area (Å²) in [6, 6.07) is -0.641. The topological polar surface area (TPSA) is 64.7 Å². The van der Waals surface area contributed by atoms with Crippen molar-refractivity contribution in [2.24, 2.45) is 0 Å². The number of amides is 3. The van der Waals surface area contributed by atoms with E-state index in [1.165, 1.54) is 0 Å². The number of terminal acetylenes is 1. The summed E-state index contributed by atoms with van der Waals surface area (Å²) in [7, 11) is 0. The van der Waals surface area contributed by atoms with Gasteiger partial charge in [0.25, 0.3) is 5.91 Å². The molecule has 0 aromatic heterocycles. The number of nitrogens with zero attached hydrogens (tertiary/aromatic N) is 2. The molecule has 3 rings (SSSR count). The summed E-state index contributed by atoms with van der Waals surface area (Å²) < 4.78 is 0. The van der Waals surface area contributed by atoms with E-state index in [2.05, 4.69) is 16.6 Å². The minimum Gasteiger partial charge on any atom is -0.352 e. The largest absolute Gasteiger partial charge is 0.352 e. The zero-order chi connectivity index (χ0) is 12.9. The van der Waals surface area contributed by atoms with E-state index in [0.717, 1.165) is 6.42 Å². The maximum absolute atomic E-state index is 11.7. The lowest BCUT2D eigenvalue weighted by atomic mass is 10.1. The molecular formula is C11H12N4O2S. The second-order valence-corrected chi connectivity index (χ2v) is 5.01. The Hall–Kier alpha value is -1.81. The van der Waals surface area contributed by atoms with Gasteiger partial charge in [-0.15, -0.1) is 6.42 Å². The number of hydrogen-bond donors (Lipinski definition) is 2. The zero-order valence-electron chi connectivity index (χ0n) is 9.55. The Kier molecular flexibility index (Phi) is 2.41. The number of carbonyl (C=O) groups excluding carboxylic acids is 2. The average molecular weight is 264 g/mol. The molecule has 3 fully saturated rings. The smallest absolute Gasteiger partial charge is 0.325 e. The standard InChI is InChI=1S/C11H12N4O2S/c1-2-3-12-11(18)14-5-6-4-7(14)8-9(16)13-10(17)15(6)8/h1,6-8H,3-5H2,(H,12,18)(H,13,16,17). The number of carbonyl (C=O) groups is 2. The first-order valence-electron chi connectivity index (χ1n) is 5.74. The third-order valence-electron chi connectivity index (χ3n) is 3.71. The summed E-state index contributed by atoms with van der Waals surface area (Å²) >= 11 is 5.26. The first kappa shape index (κ1) is 11.3. The first-order valence-corrected chi connectivity index (χ1v) is 6.15. The monoisotopic (exact) mass is 264 g/mol. The van der Waals surface area contributed by atoms with Crippen LogP contribution in [0.1, 0.15) is 6.42 Å². The molecule has 2 bridgehead atoms. The van der Waals surface area contributed by atoms with Gasteiger partial charge in [-0.05, 0) is 18.6 Å². The van der Waals surface area contributed by atoms with Gasteiger partial charge >= 0.3 is 6.03 Å². The van der Waals surface area contributed by atoms with E-state index in [-0.39, 0.29) is 24.0 Å². The molecule has 0 saturated carbocycles. The van der Waals surface area contributed by atoms with Gasteiger partial charge in [-0.2, -0.15) is 0 Å². The molecule has 7 heteroatoms. The Bertz CT molecular complexity index is 486. The second-order valence-electron chi connectivity index (χ2n) is 4.62. The van der Waals surface area contributed by atoms with Crippen molar-refractivity contribution in [1.29, 1.82) is 0 Å². The SMILES string of the molecule is C#CCNC(=S)N1CC2CC1C1C(=O)NC(=O)N21. The van der Waals surface area contributed by atoms with Crippen molar-refractivity contribution in [1.82, 2.24) is 20.4 Å². The molecule has 3 amide bonds. The number of urea groups is 1. The van der Waals surface area contributed by atoms with Gasteiger partial charge in [0, 0.05) is 6.54 Å². The van der Waals surface area contributed by atoms with Crippen LogP contribution >= 0.6 is 12.2 Å². The molecule has 3 aliphatic heterocycles. The van der Waals surface area contributed by atoms with Gasteiger partial charge in [-0.1, -0.05) is 5.92 Å². The minimum atomic E-state index is -0.401. The number of thiocarbonyl (C=S) groups is 1. The van der Waals surface area contributed by atoms with Crippen LogP contribution in [0.15, 0.2) is 0 Å². The second kappa shape index (κ2) is 3.85. The summed E-state index contributed by atoms with van der Waals surface area (Å²) in [4.78, 5) is 27.0. The molecule has 0 aliphatic carbocycles. The van der Waals surface area contributed by atoms with Crippen LogP contribution in [-0.4, -0.2) is 58.1 Å². The maximum atomic E-state index is 11.7. The third-order valence-corrected chi connectivity index (χ3v) is 4.09. The molecule has 0 spiro atoms. The lowest BCUT2D eigenvalue weighted by Gasteiger charge is -2.36. The van der Waals surface area contributed by atoms with Crippen LogP contribution in [0.2, 0.25) is 0 Å². The Labute approximate surface area is 110 Å². The maximum Gasteiger partial charge on any atom is 0.325 e. The predicted molar refractivity (Wildman–Crippen MR) is 67.5 cm³/mol. The molecule has 0 aromatic rings. The van der Waals surface area contributed by atoms with Crippen LogP contribution < -0.4 is 10.6 Å². The van der Waals surface area contributed by atoms with Crippen molar-refractivity contribution in [3.8, 4) is 12.3 Å². The van der Waals surface area contributed by atoms with Gasteiger partial charge in [-0.25, -0.2) is 4.79 Å². The molecule has 94 valence electrons. The van der Waals surface area contributed by atoms with Crippen molar-refractivity contribution in [2.75, 3.05) is 13.1 Å². The van der Waals surface area contributed by atoms with E-state index in [9.17, 15) is 9.59 Å². The van der Waals surface area contributed by atoms with Gasteiger partial charge in [0.2, 0.25) is 0 Å². The van der Waals surface area contributed by atoms with Crippen molar-refractivity contribution in [2.45, 2.75) is 24.5 Å². The molecule has 3 heterocycles. The van der Waals surface area contributed by atoms with Crippen LogP contribution in [-0.2, 0) is 4.79 Å². The minimum absolute atomic E-state index is 0.0285. The van der Waals surface area contributed by atoms with Crippen molar-refractivity contribution < 1.29 is 9.59 Å². The van der Waals surface area contributed by atoms with Crippen LogP contribution in [0.5, 0.6) is 0 Å². The van der Waals surface area contributed by atoms with Crippen LogP contribution in [0, 0.1) is 12.3 Å². The molecule has 3 saturated heterocycles. The fourth-order valence-electron chi connectivity index (χ4n) is 3.06. The third kappa shape index (κ3) is 1.39. The van der Waals surface area contributed by atoms with E-state index >= 15 is 0 Å². The molecule has 2 N–H and O–H groups in total. The number of likely N-dealkylation sites (tertiary alicyclic amines) is 1. The Morgan fingerprint density at radius 3 is 3.11 bits per heavy atom. The quantitative estimate of drug-likeness (QED) is 0.356. The number of fused-ring (bicyclic) bond motifs is 5. The molecule has 0 radical (unpaired) electrons. The van der Waals surface area contributed by atoms with Crippen LogP contribution in [0.3, 0.4) is 0 Å². The van der Waals surface area contributed by atoms with Gasteiger partial charge in [0.15, 0.2) is 5.11 Å². The summed E-state index contributed by atoms with van der Waals surface area (Å²) in [5.74, 6) is 2.23. The highest BCUT2D eigenvalue weighted by Gasteiger charge is 2.59. The normalized spacial score (nSPS) is 32.3. The van der Waals surface area contributed by atoms with Crippen LogP contribution in [0.25, 0.3) is 0 Å². The van der Waals surface area contributed by atoms with Gasteiger partial charge in [-0.3, -0.25) is 10.1 Å². The lowest BCUT2D eigenvalue weighted by Crippen LogP contribution is -2.56. The van der Waals surface area contributed by atoms with Gasteiger partial charge < -0.3 is 15.1 Å². The Morgan fingerprint density at radius 2 is 2.39 bits per heavy atom. The van der Waals surface area contributed by atoms with Crippen LogP contribution in [0.4, 0.5) is 4.79 Å².